The smallest absolute Gasteiger partial charge is 0.227 e. The summed E-state index contributed by atoms with van der Waals surface area (Å²) in [5.74, 6) is 1.35. The molecule has 30 heavy (non-hydrogen) atoms. The maximum absolute atomic E-state index is 6.19. The Morgan fingerprint density at radius 1 is 1.17 bits per heavy atom. The van der Waals surface area contributed by atoms with Gasteiger partial charge < -0.3 is 26.7 Å². The Kier molecular flexibility index (Phi) is 5.76. The number of hydrogen-bond acceptors (Lipinski definition) is 7. The molecule has 0 amide bonds. The molecule has 4 rings (SSSR count). The lowest BCUT2D eigenvalue weighted by Crippen LogP contribution is -2.33. The molecule has 1 saturated carbocycles. The van der Waals surface area contributed by atoms with Gasteiger partial charge in [0.05, 0.1) is 6.33 Å². The largest absolute Gasteiger partial charge is 0.398 e. The number of aryl methyl sites for hydroxylation is 1. The minimum absolute atomic E-state index is 0.256. The summed E-state index contributed by atoms with van der Waals surface area (Å²) in [5, 5.41) is 6.96. The molecule has 0 saturated heterocycles. The third-order valence-corrected chi connectivity index (χ3v) is 5.83. The van der Waals surface area contributed by atoms with Gasteiger partial charge in [-0.3, -0.25) is 0 Å². The average Bonchev–Trinajstić information content (AvgIpc) is 3.13. The number of hydrogen-bond donors (Lipinski definition) is 4. The van der Waals surface area contributed by atoms with Crippen LogP contribution < -0.4 is 22.1 Å². The monoisotopic (exact) mass is 408 g/mol. The van der Waals surface area contributed by atoms with E-state index in [9.17, 15) is 0 Å². The van der Waals surface area contributed by atoms with E-state index < -0.39 is 0 Å². The molecule has 1 aromatic carbocycles. The third-order valence-electron chi connectivity index (χ3n) is 5.83. The molecule has 0 unspecified atom stereocenters. The van der Waals surface area contributed by atoms with E-state index >= 15 is 0 Å². The summed E-state index contributed by atoms with van der Waals surface area (Å²) >= 11 is 0. The fourth-order valence-corrected chi connectivity index (χ4v) is 3.98. The van der Waals surface area contributed by atoms with Crippen LogP contribution >= 0.6 is 0 Å². The highest BCUT2D eigenvalue weighted by Crippen LogP contribution is 2.26. The summed E-state index contributed by atoms with van der Waals surface area (Å²) < 4.78 is 2.07. The quantitative estimate of drug-likeness (QED) is 0.460. The Morgan fingerprint density at radius 2 is 1.93 bits per heavy atom. The number of nitrogens with two attached hydrogens (primary N) is 2. The standard InChI is InChI=1S/C22H32N8/c1-13(2)30-12-26-19-20(25-11-15-5-4-14(3)10-18(15)24)28-22(29-21(19)30)27-17-8-6-16(23)7-9-17/h4-5,10,12-13,16-17H,6-9,11,23-24H2,1-3H3,(H2,25,27,28,29). The maximum Gasteiger partial charge on any atom is 0.227 e. The van der Waals surface area contributed by atoms with Gasteiger partial charge in [0.1, 0.15) is 0 Å². The summed E-state index contributed by atoms with van der Waals surface area (Å²) in [7, 11) is 0. The normalized spacial score (nSPS) is 19.4. The number of nitrogens with one attached hydrogen (secondary N) is 2. The van der Waals surface area contributed by atoms with Gasteiger partial charge in [-0.25, -0.2) is 4.98 Å². The fourth-order valence-electron chi connectivity index (χ4n) is 3.98. The molecule has 160 valence electrons. The first-order valence-corrected chi connectivity index (χ1v) is 10.8. The Labute approximate surface area is 177 Å². The summed E-state index contributed by atoms with van der Waals surface area (Å²) in [6.45, 7) is 6.86. The second-order valence-electron chi connectivity index (χ2n) is 8.63. The van der Waals surface area contributed by atoms with Crippen LogP contribution in [0.2, 0.25) is 0 Å². The van der Waals surface area contributed by atoms with Crippen molar-refractivity contribution in [2.75, 3.05) is 16.4 Å². The van der Waals surface area contributed by atoms with Crippen molar-refractivity contribution in [2.45, 2.75) is 71.1 Å². The van der Waals surface area contributed by atoms with Crippen molar-refractivity contribution in [2.24, 2.45) is 5.73 Å². The number of benzene rings is 1. The molecule has 8 heteroatoms. The van der Waals surface area contributed by atoms with Crippen molar-refractivity contribution in [1.82, 2.24) is 19.5 Å². The number of nitrogens with zero attached hydrogens (tertiary/aromatic N) is 4. The lowest BCUT2D eigenvalue weighted by molar-refractivity contribution is 0.410. The molecule has 0 spiro atoms. The van der Waals surface area contributed by atoms with Crippen LogP contribution in [0.15, 0.2) is 24.5 Å². The zero-order valence-corrected chi connectivity index (χ0v) is 18.0. The minimum Gasteiger partial charge on any atom is -0.398 e. The van der Waals surface area contributed by atoms with Crippen molar-refractivity contribution in [3.05, 3.63) is 35.7 Å². The molecule has 1 fully saturated rings. The number of fused-ring (bicyclic) bond motifs is 1. The molecule has 8 nitrogen and oxygen atoms in total. The average molecular weight is 409 g/mol. The molecule has 0 aliphatic heterocycles. The molecule has 2 heterocycles. The number of rotatable bonds is 6. The van der Waals surface area contributed by atoms with Crippen LogP contribution in [0.4, 0.5) is 17.5 Å². The summed E-state index contributed by atoms with van der Waals surface area (Å²) in [6.07, 6.45) is 5.96. The fraction of sp³-hybridized carbons (Fsp3) is 0.500. The molecular weight excluding hydrogens is 376 g/mol. The van der Waals surface area contributed by atoms with Crippen LogP contribution in [0.5, 0.6) is 0 Å². The second-order valence-corrected chi connectivity index (χ2v) is 8.63. The van der Waals surface area contributed by atoms with Crippen LogP contribution in [0.3, 0.4) is 0 Å². The second kappa shape index (κ2) is 8.47. The number of anilines is 3. The minimum atomic E-state index is 0.256. The van der Waals surface area contributed by atoms with Gasteiger partial charge in [-0.1, -0.05) is 12.1 Å². The van der Waals surface area contributed by atoms with Crippen molar-refractivity contribution < 1.29 is 0 Å². The van der Waals surface area contributed by atoms with E-state index in [0.29, 0.717) is 24.6 Å². The first-order valence-electron chi connectivity index (χ1n) is 10.8. The zero-order valence-electron chi connectivity index (χ0n) is 18.0. The van der Waals surface area contributed by atoms with Crippen LogP contribution in [0.25, 0.3) is 11.2 Å². The Morgan fingerprint density at radius 3 is 2.63 bits per heavy atom. The predicted molar refractivity (Wildman–Crippen MR) is 122 cm³/mol. The van der Waals surface area contributed by atoms with Crippen LogP contribution in [-0.2, 0) is 6.54 Å². The van der Waals surface area contributed by atoms with E-state index in [2.05, 4.69) is 40.1 Å². The molecule has 3 aromatic rings. The summed E-state index contributed by atoms with van der Waals surface area (Å²) in [5.41, 5.74) is 16.8. The van der Waals surface area contributed by atoms with Gasteiger partial charge >= 0.3 is 0 Å². The molecule has 1 aliphatic rings. The zero-order chi connectivity index (χ0) is 21.3. The topological polar surface area (TPSA) is 120 Å². The number of aromatic nitrogens is 4. The SMILES string of the molecule is Cc1ccc(CNc2nc(NC3CCC(N)CC3)nc3c2ncn3C(C)C)c(N)c1. The van der Waals surface area contributed by atoms with Gasteiger partial charge in [-0.15, -0.1) is 0 Å². The number of nitrogen functional groups attached to an aromatic ring is 1. The highest BCUT2D eigenvalue weighted by Gasteiger charge is 2.21. The molecular formula is C22H32N8. The van der Waals surface area contributed by atoms with Crippen molar-refractivity contribution in [3.63, 3.8) is 0 Å². The van der Waals surface area contributed by atoms with E-state index in [1.54, 1.807) is 0 Å². The van der Waals surface area contributed by atoms with Crippen molar-refractivity contribution >= 4 is 28.6 Å². The predicted octanol–water partition coefficient (Wildman–Crippen LogP) is 3.59. The highest BCUT2D eigenvalue weighted by atomic mass is 15.2. The van der Waals surface area contributed by atoms with Gasteiger partial charge in [-0.05, 0) is 63.6 Å². The van der Waals surface area contributed by atoms with Crippen molar-refractivity contribution in [1.29, 1.82) is 0 Å². The van der Waals surface area contributed by atoms with Gasteiger partial charge in [0, 0.05) is 30.4 Å². The summed E-state index contributed by atoms with van der Waals surface area (Å²) in [6, 6.07) is 7.01. The van der Waals surface area contributed by atoms with Crippen LogP contribution in [-0.4, -0.2) is 31.6 Å². The Hall–Kier alpha value is -2.87. The first-order chi connectivity index (χ1) is 14.4. The van der Waals surface area contributed by atoms with E-state index in [0.717, 1.165) is 59.5 Å². The molecule has 2 aromatic heterocycles. The van der Waals surface area contributed by atoms with Gasteiger partial charge in [-0.2, -0.15) is 9.97 Å². The first kappa shape index (κ1) is 20.4. The lowest BCUT2D eigenvalue weighted by Gasteiger charge is -2.27. The molecule has 1 aliphatic carbocycles. The van der Waals surface area contributed by atoms with E-state index in [1.807, 2.05) is 25.4 Å². The van der Waals surface area contributed by atoms with Crippen LogP contribution in [0, 0.1) is 6.92 Å². The molecule has 0 bridgehead atoms. The molecule has 6 N–H and O–H groups in total. The summed E-state index contributed by atoms with van der Waals surface area (Å²) in [4.78, 5) is 14.2. The van der Waals surface area contributed by atoms with Gasteiger partial charge in [0.2, 0.25) is 5.95 Å². The van der Waals surface area contributed by atoms with E-state index in [1.165, 1.54) is 0 Å². The molecule has 0 radical (unpaired) electrons. The van der Waals surface area contributed by atoms with Crippen LogP contribution in [0.1, 0.15) is 56.7 Å². The Balaban J connectivity index is 1.63. The third kappa shape index (κ3) is 4.33. The van der Waals surface area contributed by atoms with Gasteiger partial charge in [0.15, 0.2) is 17.0 Å². The Bertz CT molecular complexity index is 1020. The van der Waals surface area contributed by atoms with E-state index in [4.69, 9.17) is 21.4 Å². The lowest BCUT2D eigenvalue weighted by atomic mass is 9.92. The van der Waals surface area contributed by atoms with Crippen molar-refractivity contribution in [3.8, 4) is 0 Å². The van der Waals surface area contributed by atoms with Gasteiger partial charge in [0.25, 0.3) is 0 Å². The van der Waals surface area contributed by atoms with E-state index in [-0.39, 0.29) is 6.04 Å². The molecule has 0 atom stereocenters. The highest BCUT2D eigenvalue weighted by molar-refractivity contribution is 5.84. The maximum atomic E-state index is 6.19. The number of imidazole rings is 1.